The molecular formula is C16H14Cl2F2N2O2. The Kier molecular flexibility index (Phi) is 5.64. The maximum Gasteiger partial charge on any atom is 0.260 e. The molecule has 0 aromatic heterocycles. The molecule has 4 nitrogen and oxygen atoms in total. The molecule has 24 heavy (non-hydrogen) atoms. The van der Waals surface area contributed by atoms with Gasteiger partial charge in [-0.2, -0.15) is 0 Å². The number of benzene rings is 2. The van der Waals surface area contributed by atoms with E-state index >= 15 is 0 Å². The standard InChI is InChI=1S/C16H13ClF2N2O2.ClH/c17-10-3-2-9-13(20)5-6-23-15(9)14(10)16(22)21-8-1-4-11(18)12(19)7-8;/h1-4,7,13H,5-6,20H2,(H,21,22);1H/t13-;/m0./s1. The Balaban J connectivity index is 0.00000208. The molecule has 128 valence electrons. The van der Waals surface area contributed by atoms with E-state index in [0.717, 1.165) is 12.1 Å². The van der Waals surface area contributed by atoms with Gasteiger partial charge in [0.2, 0.25) is 0 Å². The van der Waals surface area contributed by atoms with Crippen LogP contribution >= 0.6 is 24.0 Å². The Hall–Kier alpha value is -1.89. The van der Waals surface area contributed by atoms with Crippen LogP contribution < -0.4 is 15.8 Å². The largest absolute Gasteiger partial charge is 0.492 e. The van der Waals surface area contributed by atoms with Crippen LogP contribution in [0.2, 0.25) is 5.02 Å². The van der Waals surface area contributed by atoms with Crippen molar-refractivity contribution in [3.05, 3.63) is 58.1 Å². The molecule has 8 heteroatoms. The molecule has 2 aromatic carbocycles. The number of fused-ring (bicyclic) bond motifs is 1. The molecule has 0 saturated carbocycles. The molecule has 1 amide bonds. The number of nitrogens with two attached hydrogens (primary N) is 1. The van der Waals surface area contributed by atoms with E-state index in [9.17, 15) is 13.6 Å². The number of halogens is 4. The first-order valence-electron chi connectivity index (χ1n) is 6.94. The lowest BCUT2D eigenvalue weighted by atomic mass is 9.98. The topological polar surface area (TPSA) is 64.3 Å². The monoisotopic (exact) mass is 374 g/mol. The fourth-order valence-electron chi connectivity index (χ4n) is 2.44. The normalized spacial score (nSPS) is 15.8. The average molecular weight is 375 g/mol. The fraction of sp³-hybridized carbons (Fsp3) is 0.188. The van der Waals surface area contributed by atoms with Gasteiger partial charge in [0.25, 0.3) is 5.91 Å². The van der Waals surface area contributed by atoms with Gasteiger partial charge in [0.1, 0.15) is 11.3 Å². The Labute approximate surface area is 148 Å². The van der Waals surface area contributed by atoms with Crippen LogP contribution in [0, 0.1) is 11.6 Å². The summed E-state index contributed by atoms with van der Waals surface area (Å²) in [5, 5.41) is 2.67. The van der Waals surface area contributed by atoms with E-state index in [1.54, 1.807) is 12.1 Å². The summed E-state index contributed by atoms with van der Waals surface area (Å²) < 4.78 is 31.7. The number of nitrogens with one attached hydrogen (secondary N) is 1. The Morgan fingerprint density at radius 2 is 2.00 bits per heavy atom. The van der Waals surface area contributed by atoms with Crippen molar-refractivity contribution >= 4 is 35.6 Å². The van der Waals surface area contributed by atoms with Crippen LogP contribution in [-0.4, -0.2) is 12.5 Å². The van der Waals surface area contributed by atoms with Crippen LogP contribution in [0.5, 0.6) is 5.75 Å². The molecule has 0 spiro atoms. The second kappa shape index (κ2) is 7.34. The van der Waals surface area contributed by atoms with Crippen LogP contribution in [0.15, 0.2) is 30.3 Å². The number of amides is 1. The van der Waals surface area contributed by atoms with Crippen LogP contribution in [-0.2, 0) is 0 Å². The van der Waals surface area contributed by atoms with E-state index < -0.39 is 17.5 Å². The molecule has 0 unspecified atom stereocenters. The van der Waals surface area contributed by atoms with E-state index in [0.29, 0.717) is 24.3 Å². The summed E-state index contributed by atoms with van der Waals surface area (Å²) in [6.07, 6.45) is 0.638. The summed E-state index contributed by atoms with van der Waals surface area (Å²) in [6, 6.07) is 6.12. The number of carbonyl (C=O) groups is 1. The molecule has 1 aliphatic heterocycles. The van der Waals surface area contributed by atoms with Gasteiger partial charge >= 0.3 is 0 Å². The molecule has 1 heterocycles. The van der Waals surface area contributed by atoms with Crippen molar-refractivity contribution in [2.45, 2.75) is 12.5 Å². The summed E-state index contributed by atoms with van der Waals surface area (Å²) in [6.45, 7) is 0.375. The van der Waals surface area contributed by atoms with Crippen molar-refractivity contribution in [2.75, 3.05) is 11.9 Å². The molecule has 0 aliphatic carbocycles. The van der Waals surface area contributed by atoms with Crippen LogP contribution in [0.4, 0.5) is 14.5 Å². The summed E-state index contributed by atoms with van der Waals surface area (Å²) in [5.74, 6) is -2.29. The number of rotatable bonds is 2. The number of ether oxygens (including phenoxy) is 1. The predicted octanol–water partition coefficient (Wildman–Crippen LogP) is 4.07. The highest BCUT2D eigenvalue weighted by Crippen LogP contribution is 2.37. The van der Waals surface area contributed by atoms with E-state index in [4.69, 9.17) is 22.1 Å². The predicted molar refractivity (Wildman–Crippen MR) is 90.1 cm³/mol. The van der Waals surface area contributed by atoms with Crippen molar-refractivity contribution in [3.63, 3.8) is 0 Å². The maximum atomic E-state index is 13.2. The van der Waals surface area contributed by atoms with Gasteiger partial charge in [-0.05, 0) is 18.2 Å². The van der Waals surface area contributed by atoms with Gasteiger partial charge < -0.3 is 15.8 Å². The van der Waals surface area contributed by atoms with Gasteiger partial charge in [-0.3, -0.25) is 4.79 Å². The zero-order valence-corrected chi connectivity index (χ0v) is 13.9. The Morgan fingerprint density at radius 3 is 2.71 bits per heavy atom. The minimum Gasteiger partial charge on any atom is -0.492 e. The minimum absolute atomic E-state index is 0. The highest BCUT2D eigenvalue weighted by Gasteiger charge is 2.26. The first kappa shape index (κ1) is 18.4. The Bertz CT molecular complexity index is 787. The van der Waals surface area contributed by atoms with E-state index in [-0.39, 0.29) is 34.7 Å². The molecule has 3 rings (SSSR count). The van der Waals surface area contributed by atoms with Crippen molar-refractivity contribution in [1.29, 1.82) is 0 Å². The molecule has 0 bridgehead atoms. The third-order valence-corrected chi connectivity index (χ3v) is 3.93. The Morgan fingerprint density at radius 1 is 1.25 bits per heavy atom. The van der Waals surface area contributed by atoms with E-state index in [1.165, 1.54) is 6.07 Å². The van der Waals surface area contributed by atoms with Gasteiger partial charge in [0.05, 0.1) is 11.6 Å². The van der Waals surface area contributed by atoms with Crippen molar-refractivity contribution in [1.82, 2.24) is 0 Å². The zero-order valence-electron chi connectivity index (χ0n) is 12.3. The lowest BCUT2D eigenvalue weighted by molar-refractivity contribution is 0.102. The van der Waals surface area contributed by atoms with Gasteiger partial charge in [-0.15, -0.1) is 12.4 Å². The summed E-state index contributed by atoms with van der Waals surface area (Å²) in [7, 11) is 0. The fourth-order valence-corrected chi connectivity index (χ4v) is 2.68. The maximum absolute atomic E-state index is 13.2. The molecule has 0 saturated heterocycles. The first-order chi connectivity index (χ1) is 11.0. The van der Waals surface area contributed by atoms with Gasteiger partial charge in [0.15, 0.2) is 11.6 Å². The third kappa shape index (κ3) is 3.45. The van der Waals surface area contributed by atoms with E-state index in [1.807, 2.05) is 0 Å². The highest BCUT2D eigenvalue weighted by atomic mass is 35.5. The van der Waals surface area contributed by atoms with Crippen LogP contribution in [0.25, 0.3) is 0 Å². The number of anilines is 1. The lowest BCUT2D eigenvalue weighted by Crippen LogP contribution is -2.24. The zero-order chi connectivity index (χ0) is 16.6. The van der Waals surface area contributed by atoms with E-state index in [2.05, 4.69) is 5.32 Å². The second-order valence-electron chi connectivity index (χ2n) is 5.17. The number of hydrogen-bond donors (Lipinski definition) is 2. The molecule has 1 atom stereocenters. The summed E-state index contributed by atoms with van der Waals surface area (Å²) in [4.78, 5) is 12.5. The third-order valence-electron chi connectivity index (χ3n) is 3.62. The van der Waals surface area contributed by atoms with Crippen molar-refractivity contribution in [2.24, 2.45) is 5.73 Å². The van der Waals surface area contributed by atoms with Crippen molar-refractivity contribution < 1.29 is 18.3 Å². The second-order valence-corrected chi connectivity index (χ2v) is 5.57. The highest BCUT2D eigenvalue weighted by molar-refractivity contribution is 6.35. The molecule has 1 aliphatic rings. The van der Waals surface area contributed by atoms with Crippen LogP contribution in [0.3, 0.4) is 0 Å². The SMILES string of the molecule is Cl.N[C@H]1CCOc2c1ccc(Cl)c2C(=O)Nc1ccc(F)c(F)c1. The van der Waals surface area contributed by atoms with Gasteiger partial charge in [-0.1, -0.05) is 17.7 Å². The number of carbonyl (C=O) groups excluding carboxylic acids is 1. The van der Waals surface area contributed by atoms with Gasteiger partial charge in [0, 0.05) is 29.8 Å². The van der Waals surface area contributed by atoms with Crippen molar-refractivity contribution in [3.8, 4) is 5.75 Å². The quantitative estimate of drug-likeness (QED) is 0.832. The average Bonchev–Trinajstić information content (AvgIpc) is 2.51. The molecule has 2 aromatic rings. The molecule has 0 fully saturated rings. The molecule has 0 radical (unpaired) electrons. The first-order valence-corrected chi connectivity index (χ1v) is 7.32. The summed E-state index contributed by atoms with van der Waals surface area (Å²) >= 11 is 6.11. The van der Waals surface area contributed by atoms with Crippen LogP contribution in [0.1, 0.15) is 28.4 Å². The molecular weight excluding hydrogens is 361 g/mol. The number of hydrogen-bond acceptors (Lipinski definition) is 3. The van der Waals surface area contributed by atoms with Gasteiger partial charge in [-0.25, -0.2) is 8.78 Å². The minimum atomic E-state index is -1.05. The molecule has 3 N–H and O–H groups in total. The smallest absolute Gasteiger partial charge is 0.260 e. The summed E-state index contributed by atoms with van der Waals surface area (Å²) in [5.41, 5.74) is 6.94. The lowest BCUT2D eigenvalue weighted by Gasteiger charge is -2.25.